The first-order chi connectivity index (χ1) is 6.94. The topological polar surface area (TPSA) is 56.3 Å². The number of likely N-dealkylation sites (N-methyl/N-ethyl adjacent to an activating group) is 1. The van der Waals surface area contributed by atoms with Crippen LogP contribution in [0, 0.1) is 0 Å². The molecule has 84 valence electrons. The van der Waals surface area contributed by atoms with Gasteiger partial charge in [-0.3, -0.25) is 4.79 Å². The molecule has 0 bridgehead atoms. The second-order valence-corrected chi connectivity index (χ2v) is 4.22. The van der Waals surface area contributed by atoms with E-state index in [1.807, 2.05) is 6.92 Å². The summed E-state index contributed by atoms with van der Waals surface area (Å²) < 4.78 is 0. The predicted molar refractivity (Wildman–Crippen MR) is 58.7 cm³/mol. The van der Waals surface area contributed by atoms with Crippen molar-refractivity contribution < 1.29 is 9.90 Å². The number of hydrogen-bond donors (Lipinski definition) is 2. The zero-order valence-electron chi connectivity index (χ0n) is 9.45. The van der Waals surface area contributed by atoms with Crippen molar-refractivity contribution in [3.63, 3.8) is 0 Å². The van der Waals surface area contributed by atoms with Gasteiger partial charge in [0.25, 0.3) is 5.91 Å². The van der Waals surface area contributed by atoms with Crippen molar-refractivity contribution in [1.29, 1.82) is 0 Å². The minimum Gasteiger partial charge on any atom is -0.389 e. The molecule has 2 N–H and O–H groups in total. The van der Waals surface area contributed by atoms with Gasteiger partial charge in [0.15, 0.2) is 0 Å². The number of carbonyl (C=O) groups excluding carboxylic acids is 1. The quantitative estimate of drug-likeness (QED) is 0.785. The molecule has 15 heavy (non-hydrogen) atoms. The molecule has 0 aliphatic rings. The minimum atomic E-state index is -0.863. The molecule has 4 nitrogen and oxygen atoms in total. The molecule has 1 rings (SSSR count). The van der Waals surface area contributed by atoms with Crippen molar-refractivity contribution >= 4 is 5.91 Å². The molecule has 1 aromatic rings. The maximum atomic E-state index is 11.9. The van der Waals surface area contributed by atoms with E-state index < -0.39 is 5.60 Å². The van der Waals surface area contributed by atoms with Gasteiger partial charge >= 0.3 is 0 Å². The van der Waals surface area contributed by atoms with Gasteiger partial charge in [0.1, 0.15) is 5.69 Å². The average molecular weight is 210 g/mol. The highest BCUT2D eigenvalue weighted by Gasteiger charge is 2.22. The number of nitrogens with zero attached hydrogens (tertiary/aromatic N) is 1. The highest BCUT2D eigenvalue weighted by molar-refractivity contribution is 5.92. The van der Waals surface area contributed by atoms with Crippen LogP contribution in [0.3, 0.4) is 0 Å². The van der Waals surface area contributed by atoms with Crippen LogP contribution in [0.2, 0.25) is 0 Å². The van der Waals surface area contributed by atoms with Gasteiger partial charge in [0, 0.05) is 19.3 Å². The Kier molecular flexibility index (Phi) is 3.52. The number of aliphatic hydroxyl groups is 1. The fourth-order valence-electron chi connectivity index (χ4n) is 1.43. The average Bonchev–Trinajstić information content (AvgIpc) is 2.64. The minimum absolute atomic E-state index is 0.0791. The molecular weight excluding hydrogens is 192 g/mol. The number of carbonyl (C=O) groups is 1. The van der Waals surface area contributed by atoms with Crippen LogP contribution < -0.4 is 0 Å². The molecule has 1 aromatic heterocycles. The molecule has 1 amide bonds. The molecule has 0 unspecified atom stereocenters. The van der Waals surface area contributed by atoms with E-state index in [-0.39, 0.29) is 5.91 Å². The lowest BCUT2D eigenvalue weighted by atomic mass is 10.1. The zero-order chi connectivity index (χ0) is 11.5. The summed E-state index contributed by atoms with van der Waals surface area (Å²) in [5.74, 6) is -0.0791. The van der Waals surface area contributed by atoms with Gasteiger partial charge in [-0.05, 0) is 32.9 Å². The fourth-order valence-corrected chi connectivity index (χ4v) is 1.43. The summed E-state index contributed by atoms with van der Waals surface area (Å²) in [5.41, 5.74) is -0.306. The number of rotatable bonds is 4. The summed E-state index contributed by atoms with van der Waals surface area (Å²) >= 11 is 0. The number of hydrogen-bond acceptors (Lipinski definition) is 2. The third-order valence-corrected chi connectivity index (χ3v) is 2.08. The summed E-state index contributed by atoms with van der Waals surface area (Å²) in [6.45, 7) is 6.20. The van der Waals surface area contributed by atoms with E-state index in [9.17, 15) is 9.90 Å². The van der Waals surface area contributed by atoms with Crippen molar-refractivity contribution in [3.8, 4) is 0 Å². The Morgan fingerprint density at radius 2 is 2.27 bits per heavy atom. The molecule has 0 spiro atoms. The van der Waals surface area contributed by atoms with Crippen LogP contribution in [0.25, 0.3) is 0 Å². The Balaban J connectivity index is 2.72. The van der Waals surface area contributed by atoms with Crippen LogP contribution in [0.4, 0.5) is 0 Å². The Morgan fingerprint density at radius 1 is 1.60 bits per heavy atom. The van der Waals surface area contributed by atoms with E-state index in [1.165, 1.54) is 0 Å². The molecule has 0 aromatic carbocycles. The molecular formula is C11H18N2O2. The lowest BCUT2D eigenvalue weighted by Gasteiger charge is -2.27. The highest BCUT2D eigenvalue weighted by atomic mass is 16.3. The molecule has 0 aliphatic heterocycles. The van der Waals surface area contributed by atoms with Crippen LogP contribution in [0.5, 0.6) is 0 Å². The summed E-state index contributed by atoms with van der Waals surface area (Å²) in [5, 5.41) is 9.66. The van der Waals surface area contributed by atoms with Crippen molar-refractivity contribution in [3.05, 3.63) is 24.0 Å². The Morgan fingerprint density at radius 3 is 2.67 bits per heavy atom. The van der Waals surface area contributed by atoms with E-state index in [4.69, 9.17) is 0 Å². The SMILES string of the molecule is CCN(CC(C)(C)O)C(=O)c1ccc[nH]1. The van der Waals surface area contributed by atoms with Gasteiger partial charge < -0.3 is 15.0 Å². The van der Waals surface area contributed by atoms with Crippen molar-refractivity contribution in [2.45, 2.75) is 26.4 Å². The Labute approximate surface area is 89.9 Å². The monoisotopic (exact) mass is 210 g/mol. The molecule has 0 fully saturated rings. The third kappa shape index (κ3) is 3.40. The zero-order valence-corrected chi connectivity index (χ0v) is 9.45. The first-order valence-corrected chi connectivity index (χ1v) is 5.09. The number of amides is 1. The Bertz CT molecular complexity index is 312. The second kappa shape index (κ2) is 4.49. The smallest absolute Gasteiger partial charge is 0.270 e. The lowest BCUT2D eigenvalue weighted by Crippen LogP contribution is -2.42. The second-order valence-electron chi connectivity index (χ2n) is 4.22. The van der Waals surface area contributed by atoms with E-state index in [1.54, 1.807) is 37.1 Å². The summed E-state index contributed by atoms with van der Waals surface area (Å²) in [6.07, 6.45) is 1.71. The van der Waals surface area contributed by atoms with Crippen LogP contribution in [0.15, 0.2) is 18.3 Å². The number of aromatic nitrogens is 1. The molecule has 0 saturated heterocycles. The van der Waals surface area contributed by atoms with Gasteiger partial charge in [-0.2, -0.15) is 0 Å². The number of H-pyrrole nitrogens is 1. The van der Waals surface area contributed by atoms with Gasteiger partial charge in [0.2, 0.25) is 0 Å². The normalized spacial score (nSPS) is 11.5. The predicted octanol–water partition coefficient (Wildman–Crippen LogP) is 1.25. The van der Waals surface area contributed by atoms with Crippen LogP contribution in [0.1, 0.15) is 31.3 Å². The summed E-state index contributed by atoms with van der Waals surface area (Å²) in [6, 6.07) is 3.51. The fraction of sp³-hybridized carbons (Fsp3) is 0.545. The maximum absolute atomic E-state index is 11.9. The van der Waals surface area contributed by atoms with Gasteiger partial charge in [-0.1, -0.05) is 0 Å². The largest absolute Gasteiger partial charge is 0.389 e. The molecule has 0 saturated carbocycles. The Hall–Kier alpha value is -1.29. The third-order valence-electron chi connectivity index (χ3n) is 2.08. The van der Waals surface area contributed by atoms with Crippen LogP contribution in [-0.4, -0.2) is 39.6 Å². The molecule has 0 atom stereocenters. The van der Waals surface area contributed by atoms with E-state index in [2.05, 4.69) is 4.98 Å². The number of aromatic amines is 1. The molecule has 1 heterocycles. The van der Waals surface area contributed by atoms with Crippen molar-refractivity contribution in [1.82, 2.24) is 9.88 Å². The van der Waals surface area contributed by atoms with E-state index in [0.29, 0.717) is 18.8 Å². The number of nitrogens with one attached hydrogen (secondary N) is 1. The molecule has 0 radical (unpaired) electrons. The first kappa shape index (κ1) is 11.8. The standard InChI is InChI=1S/C11H18N2O2/c1-4-13(8-11(2,3)15)10(14)9-6-5-7-12-9/h5-7,12,15H,4,8H2,1-3H3. The van der Waals surface area contributed by atoms with E-state index in [0.717, 1.165) is 0 Å². The summed E-state index contributed by atoms with van der Waals surface area (Å²) in [7, 11) is 0. The van der Waals surface area contributed by atoms with Crippen molar-refractivity contribution in [2.24, 2.45) is 0 Å². The molecule has 4 heteroatoms. The lowest BCUT2D eigenvalue weighted by molar-refractivity contribution is 0.0312. The van der Waals surface area contributed by atoms with Crippen LogP contribution in [-0.2, 0) is 0 Å². The maximum Gasteiger partial charge on any atom is 0.270 e. The molecule has 0 aliphatic carbocycles. The van der Waals surface area contributed by atoms with Gasteiger partial charge in [-0.25, -0.2) is 0 Å². The first-order valence-electron chi connectivity index (χ1n) is 5.09. The van der Waals surface area contributed by atoms with Crippen LogP contribution >= 0.6 is 0 Å². The van der Waals surface area contributed by atoms with E-state index >= 15 is 0 Å². The van der Waals surface area contributed by atoms with Gasteiger partial charge in [0.05, 0.1) is 5.60 Å². The summed E-state index contributed by atoms with van der Waals surface area (Å²) in [4.78, 5) is 16.4. The van der Waals surface area contributed by atoms with Crippen molar-refractivity contribution in [2.75, 3.05) is 13.1 Å². The highest BCUT2D eigenvalue weighted by Crippen LogP contribution is 2.08. The van der Waals surface area contributed by atoms with Gasteiger partial charge in [-0.15, -0.1) is 0 Å².